The van der Waals surface area contributed by atoms with E-state index >= 15 is 0 Å². The van der Waals surface area contributed by atoms with Gasteiger partial charge in [-0.05, 0) is 64.8 Å². The van der Waals surface area contributed by atoms with Crippen molar-refractivity contribution in [3.63, 3.8) is 0 Å². The van der Waals surface area contributed by atoms with Gasteiger partial charge < -0.3 is 15.1 Å². The molecule has 5 rings (SSSR count). The van der Waals surface area contributed by atoms with Crippen LogP contribution in [0, 0.1) is 11.3 Å². The molecule has 4 heterocycles. The van der Waals surface area contributed by atoms with Gasteiger partial charge in [-0.25, -0.2) is 9.97 Å². The molecule has 7 heteroatoms. The van der Waals surface area contributed by atoms with E-state index in [1.165, 1.54) is 46.4 Å². The molecule has 1 N–H and O–H groups in total. The van der Waals surface area contributed by atoms with Gasteiger partial charge >= 0.3 is 0 Å². The van der Waals surface area contributed by atoms with Crippen LogP contribution in [0.5, 0.6) is 0 Å². The predicted octanol–water partition coefficient (Wildman–Crippen LogP) is 6.71. The fourth-order valence-corrected chi connectivity index (χ4v) is 6.33. The van der Waals surface area contributed by atoms with Gasteiger partial charge in [0, 0.05) is 55.6 Å². The van der Waals surface area contributed by atoms with Gasteiger partial charge in [-0.15, -0.1) is 0 Å². The van der Waals surface area contributed by atoms with Gasteiger partial charge in [-0.2, -0.15) is 16.7 Å². The molecule has 192 valence electrons. The zero-order chi connectivity index (χ0) is 25.3. The standard InChI is InChI=1S/C29H40N6S/c1-6-36-18-21-16-35(17-21)25-9-8-22(20(2)3)23-14-27(31-15-24(23)25)32-26-10-12-30-28(33-26)34-13-7-11-29(4,5)19-34/h8-10,12,14-15,20-21H,6-7,11,13,16-19H2,1-5H3,(H,30,31,32,33). The molecule has 2 saturated heterocycles. The molecule has 3 aromatic rings. The summed E-state index contributed by atoms with van der Waals surface area (Å²) in [5, 5.41) is 5.98. The number of rotatable bonds is 8. The summed E-state index contributed by atoms with van der Waals surface area (Å²) in [6.07, 6.45) is 6.32. The number of nitrogens with one attached hydrogen (secondary N) is 1. The van der Waals surface area contributed by atoms with E-state index in [0.29, 0.717) is 11.3 Å². The van der Waals surface area contributed by atoms with E-state index in [9.17, 15) is 0 Å². The molecule has 1 aromatic carbocycles. The smallest absolute Gasteiger partial charge is 0.227 e. The number of benzene rings is 1. The normalized spacial score (nSPS) is 18.1. The molecule has 0 amide bonds. The fraction of sp³-hybridized carbons (Fsp3) is 0.552. The van der Waals surface area contributed by atoms with Crippen molar-refractivity contribution in [2.24, 2.45) is 11.3 Å². The third-order valence-electron chi connectivity index (χ3n) is 7.47. The van der Waals surface area contributed by atoms with Crippen molar-refractivity contribution in [2.45, 2.75) is 53.4 Å². The van der Waals surface area contributed by atoms with Crippen LogP contribution in [0.1, 0.15) is 58.9 Å². The first-order chi connectivity index (χ1) is 17.3. The van der Waals surface area contributed by atoms with Crippen molar-refractivity contribution in [3.8, 4) is 0 Å². The zero-order valence-electron chi connectivity index (χ0n) is 22.4. The Labute approximate surface area is 220 Å². The van der Waals surface area contributed by atoms with Crippen molar-refractivity contribution < 1.29 is 0 Å². The molecule has 2 aliphatic heterocycles. The molecule has 36 heavy (non-hydrogen) atoms. The number of piperidine rings is 1. The summed E-state index contributed by atoms with van der Waals surface area (Å²) in [6.45, 7) is 15.7. The second kappa shape index (κ2) is 10.4. The van der Waals surface area contributed by atoms with Crippen LogP contribution in [0.15, 0.2) is 36.7 Å². The first kappa shape index (κ1) is 25.1. The molecule has 2 aromatic heterocycles. The summed E-state index contributed by atoms with van der Waals surface area (Å²) >= 11 is 2.05. The molecule has 6 nitrogen and oxygen atoms in total. The minimum Gasteiger partial charge on any atom is -0.370 e. The van der Waals surface area contributed by atoms with Gasteiger partial charge in [-0.3, -0.25) is 0 Å². The fourth-order valence-electron chi connectivity index (χ4n) is 5.55. The van der Waals surface area contributed by atoms with Gasteiger partial charge in [0.1, 0.15) is 11.6 Å². The molecular formula is C29H40N6S. The molecule has 0 spiro atoms. The molecule has 0 unspecified atom stereocenters. The van der Waals surface area contributed by atoms with Gasteiger partial charge in [0.2, 0.25) is 5.95 Å². The lowest BCUT2D eigenvalue weighted by Gasteiger charge is -2.41. The Balaban J connectivity index is 1.39. The first-order valence-electron chi connectivity index (χ1n) is 13.4. The maximum atomic E-state index is 4.85. The lowest BCUT2D eigenvalue weighted by molar-refractivity contribution is 0.291. The van der Waals surface area contributed by atoms with Gasteiger partial charge in [-0.1, -0.05) is 40.7 Å². The Bertz CT molecular complexity index is 1200. The number of anilines is 4. The molecule has 0 radical (unpaired) electrons. The van der Waals surface area contributed by atoms with Crippen molar-refractivity contribution in [2.75, 3.05) is 52.8 Å². The molecule has 0 saturated carbocycles. The number of nitrogens with zero attached hydrogens (tertiary/aromatic N) is 5. The Morgan fingerprint density at radius 3 is 2.67 bits per heavy atom. The summed E-state index contributed by atoms with van der Waals surface area (Å²) in [7, 11) is 0. The van der Waals surface area contributed by atoms with E-state index in [-0.39, 0.29) is 0 Å². The van der Waals surface area contributed by atoms with E-state index in [4.69, 9.17) is 9.97 Å². The van der Waals surface area contributed by atoms with Crippen molar-refractivity contribution >= 4 is 45.8 Å². The SMILES string of the molecule is CCSCC1CN(c2ccc(C(C)C)c3cc(Nc4ccnc(N5CCCC(C)(C)C5)n4)ncc23)C1. The highest BCUT2D eigenvalue weighted by Crippen LogP contribution is 2.37. The highest BCUT2D eigenvalue weighted by molar-refractivity contribution is 7.99. The van der Waals surface area contributed by atoms with Crippen LogP contribution in [0.4, 0.5) is 23.3 Å². The largest absolute Gasteiger partial charge is 0.370 e. The predicted molar refractivity (Wildman–Crippen MR) is 155 cm³/mol. The number of fused-ring (bicyclic) bond motifs is 1. The molecular weight excluding hydrogens is 464 g/mol. The van der Waals surface area contributed by atoms with Gasteiger partial charge in [0.25, 0.3) is 0 Å². The Morgan fingerprint density at radius 2 is 1.92 bits per heavy atom. The lowest BCUT2D eigenvalue weighted by atomic mass is 9.84. The van der Waals surface area contributed by atoms with E-state index in [0.717, 1.165) is 49.7 Å². The van der Waals surface area contributed by atoms with E-state index in [1.807, 2.05) is 18.5 Å². The molecule has 0 atom stereocenters. The third kappa shape index (κ3) is 5.41. The second-order valence-corrected chi connectivity index (χ2v) is 12.7. The average Bonchev–Trinajstić information content (AvgIpc) is 2.82. The summed E-state index contributed by atoms with van der Waals surface area (Å²) in [6, 6.07) is 8.73. The quantitative estimate of drug-likeness (QED) is 0.366. The molecule has 2 fully saturated rings. The van der Waals surface area contributed by atoms with Crippen LogP contribution in [-0.4, -0.2) is 52.6 Å². The van der Waals surface area contributed by atoms with E-state index < -0.39 is 0 Å². The van der Waals surface area contributed by atoms with Crippen molar-refractivity contribution in [3.05, 3.63) is 42.2 Å². The van der Waals surface area contributed by atoms with Crippen LogP contribution in [-0.2, 0) is 0 Å². The Kier molecular flexibility index (Phi) is 7.29. The monoisotopic (exact) mass is 504 g/mol. The van der Waals surface area contributed by atoms with Crippen LogP contribution < -0.4 is 15.1 Å². The summed E-state index contributed by atoms with van der Waals surface area (Å²) in [5.74, 6) is 6.11. The third-order valence-corrected chi connectivity index (χ3v) is 8.59. The number of thioether (sulfide) groups is 1. The second-order valence-electron chi connectivity index (χ2n) is 11.4. The molecule has 0 aliphatic carbocycles. The maximum Gasteiger partial charge on any atom is 0.227 e. The Hall–Kier alpha value is -2.54. The first-order valence-corrected chi connectivity index (χ1v) is 14.6. The van der Waals surface area contributed by atoms with Crippen LogP contribution in [0.2, 0.25) is 0 Å². The van der Waals surface area contributed by atoms with Crippen molar-refractivity contribution in [1.82, 2.24) is 15.0 Å². The highest BCUT2D eigenvalue weighted by Gasteiger charge is 2.29. The Morgan fingerprint density at radius 1 is 1.08 bits per heavy atom. The van der Waals surface area contributed by atoms with Crippen molar-refractivity contribution in [1.29, 1.82) is 0 Å². The van der Waals surface area contributed by atoms with Crippen LogP contribution in [0.25, 0.3) is 10.8 Å². The minimum absolute atomic E-state index is 0.293. The van der Waals surface area contributed by atoms with Crippen LogP contribution >= 0.6 is 11.8 Å². The van der Waals surface area contributed by atoms with Crippen LogP contribution in [0.3, 0.4) is 0 Å². The minimum atomic E-state index is 0.293. The number of hydrogen-bond donors (Lipinski definition) is 1. The van der Waals surface area contributed by atoms with E-state index in [1.54, 1.807) is 0 Å². The zero-order valence-corrected chi connectivity index (χ0v) is 23.2. The highest BCUT2D eigenvalue weighted by atomic mass is 32.2. The number of aromatic nitrogens is 3. The van der Waals surface area contributed by atoms with Gasteiger partial charge in [0.05, 0.1) is 0 Å². The lowest BCUT2D eigenvalue weighted by Crippen LogP contribution is -2.48. The molecule has 0 bridgehead atoms. The summed E-state index contributed by atoms with van der Waals surface area (Å²) in [5.41, 5.74) is 2.96. The summed E-state index contributed by atoms with van der Waals surface area (Å²) < 4.78 is 0. The van der Waals surface area contributed by atoms with Gasteiger partial charge in [0.15, 0.2) is 0 Å². The average molecular weight is 505 g/mol. The topological polar surface area (TPSA) is 57.2 Å². The number of pyridine rings is 1. The summed E-state index contributed by atoms with van der Waals surface area (Å²) in [4.78, 5) is 19.1. The van der Waals surface area contributed by atoms with E-state index in [2.05, 4.69) is 84.7 Å². The number of hydrogen-bond acceptors (Lipinski definition) is 7. The maximum absolute atomic E-state index is 4.85. The molecule has 2 aliphatic rings.